The average Bonchev–Trinajstić information content (AvgIpc) is 1.64. The number of imidazole rings is 1. The second-order valence-electron chi connectivity index (χ2n) is 27.4. The summed E-state index contributed by atoms with van der Waals surface area (Å²) < 4.78 is 73.6. The minimum Gasteiger partial charge on any atom is -0.396 e. The van der Waals surface area contributed by atoms with E-state index in [9.17, 15) is 62.4 Å². The van der Waals surface area contributed by atoms with Crippen LogP contribution in [0.25, 0.3) is 11.2 Å². The van der Waals surface area contributed by atoms with Crippen molar-refractivity contribution in [2.45, 2.75) is 222 Å². The minimum atomic E-state index is -4.53. The van der Waals surface area contributed by atoms with Crippen molar-refractivity contribution in [1.29, 1.82) is 0 Å². The lowest BCUT2D eigenvalue weighted by molar-refractivity contribution is -0.133. The number of anilines is 1. The summed E-state index contributed by atoms with van der Waals surface area (Å²) in [5.74, 6) is -0.681. The Hall–Kier alpha value is -5.11. The summed E-state index contributed by atoms with van der Waals surface area (Å²) in [6.07, 6.45) is 10.3. The number of nitrogens with zero attached hydrogens (tertiary/aromatic N) is 5. The number of amides is 3. The van der Waals surface area contributed by atoms with Crippen LogP contribution in [0, 0.1) is 0 Å². The fourth-order valence-electron chi connectivity index (χ4n) is 12.0. The molecule has 2 saturated heterocycles. The Morgan fingerprint density at radius 2 is 1.07 bits per heavy atom. The summed E-state index contributed by atoms with van der Waals surface area (Å²) in [5.41, 5.74) is 5.28. The highest BCUT2D eigenvalue weighted by molar-refractivity contribution is 7.52. The lowest BCUT2D eigenvalue weighted by atomic mass is 10.0. The predicted molar refractivity (Wildman–Crippen MR) is 393 cm³/mol. The third-order valence-electron chi connectivity index (χ3n) is 17.9. The van der Waals surface area contributed by atoms with Gasteiger partial charge in [0, 0.05) is 111 Å². The van der Waals surface area contributed by atoms with Gasteiger partial charge in [0.25, 0.3) is 0 Å². The molecule has 37 heteroatoms. The fraction of sp³-hybridized carbons (Fsp3) is 0.814. The van der Waals surface area contributed by atoms with Crippen LogP contribution in [-0.2, 0) is 85.0 Å². The molecule has 4 heterocycles. The van der Waals surface area contributed by atoms with Gasteiger partial charge in [-0.05, 0) is 110 Å². The second-order valence-corrected chi connectivity index (χ2v) is 31.0. The Labute approximate surface area is 628 Å². The first kappa shape index (κ1) is 94.3. The number of likely N-dealkylation sites (tertiary alicyclic amines) is 1. The van der Waals surface area contributed by atoms with Crippen molar-refractivity contribution < 1.29 is 115 Å². The number of nitrogens with two attached hydrogens (primary N) is 1. The molecule has 2 aromatic heterocycles. The number of nitrogen functional groups attached to an aromatic ring is 1. The highest BCUT2D eigenvalue weighted by Crippen LogP contribution is 2.46. The van der Waals surface area contributed by atoms with Crippen molar-refractivity contribution in [3.8, 4) is 0 Å². The maximum Gasteiger partial charge on any atom is 0.353 e. The zero-order valence-corrected chi connectivity index (χ0v) is 64.4. The van der Waals surface area contributed by atoms with Crippen molar-refractivity contribution in [2.75, 3.05) is 151 Å². The molecular formula is C70H123N11O24P2. The molecule has 4 rings (SSSR count). The number of ketones is 5. The number of methoxy groups -OCH3 is 1. The van der Waals surface area contributed by atoms with Gasteiger partial charge in [0.2, 0.25) is 17.7 Å². The zero-order valence-electron chi connectivity index (χ0n) is 62.6. The maximum atomic E-state index is 14.0. The SMILES string of the molecule is COCP(=O)(O)OC[C@H]1O[C@@H](n2cnc3c(N)ncnc32)C[C@@H]1OCP(=O)(O)OC[C@@H]1C[C@@H](O)CN1C(=O)CCCCCCCCC(=O)NC(COCCC(=O)CCCCNCC(=O)CCCCO)(COCCC(=O)CCCCNCC(=O)CCCCO)COCCC(=O)NCCCNCC(=O)CCCCO. The number of Topliss-reactive ketones (excluding diaryl/α,β-unsaturated/α-hetero) is 5. The minimum absolute atomic E-state index is 0.00210. The third kappa shape index (κ3) is 41.7. The number of ether oxygens (including phenoxy) is 6. The summed E-state index contributed by atoms with van der Waals surface area (Å²) in [4.78, 5) is 138. The molecule has 107 heavy (non-hydrogen) atoms. The highest BCUT2D eigenvalue weighted by atomic mass is 31.2. The van der Waals surface area contributed by atoms with Crippen LogP contribution in [0.5, 0.6) is 0 Å². The number of hydrogen-bond donors (Lipinski definition) is 12. The van der Waals surface area contributed by atoms with Crippen LogP contribution in [0.1, 0.15) is 192 Å². The van der Waals surface area contributed by atoms with Gasteiger partial charge in [-0.3, -0.25) is 52.1 Å². The number of nitrogens with one attached hydrogen (secondary N) is 5. The molecule has 0 saturated carbocycles. The first-order valence-corrected chi connectivity index (χ1v) is 41.5. The van der Waals surface area contributed by atoms with E-state index in [0.717, 1.165) is 12.8 Å². The highest BCUT2D eigenvalue weighted by Gasteiger charge is 2.42. The van der Waals surface area contributed by atoms with E-state index in [2.05, 4.69) is 41.5 Å². The molecule has 13 N–H and O–H groups in total. The van der Waals surface area contributed by atoms with E-state index >= 15 is 0 Å². The summed E-state index contributed by atoms with van der Waals surface area (Å²) in [7, 11) is -7.50. The van der Waals surface area contributed by atoms with Gasteiger partial charge in [-0.1, -0.05) is 25.7 Å². The smallest absolute Gasteiger partial charge is 0.353 e. The number of unbranched alkanes of at least 4 members (excludes halogenated alkanes) is 10. The Morgan fingerprint density at radius 1 is 0.570 bits per heavy atom. The van der Waals surface area contributed by atoms with Crippen molar-refractivity contribution >= 4 is 78.8 Å². The molecule has 0 radical (unpaired) electrons. The van der Waals surface area contributed by atoms with Gasteiger partial charge < -0.3 is 105 Å². The number of aliphatic hydroxyl groups is 4. The van der Waals surface area contributed by atoms with Gasteiger partial charge in [0.05, 0.1) is 97.1 Å². The number of aliphatic hydroxyl groups excluding tert-OH is 4. The van der Waals surface area contributed by atoms with Gasteiger partial charge in [0.1, 0.15) is 71.3 Å². The van der Waals surface area contributed by atoms with Crippen molar-refractivity contribution in [2.24, 2.45) is 0 Å². The van der Waals surface area contributed by atoms with Crippen LogP contribution < -0.4 is 32.3 Å². The zero-order chi connectivity index (χ0) is 78.0. The van der Waals surface area contributed by atoms with Crippen LogP contribution in [0.4, 0.5) is 5.82 Å². The molecule has 612 valence electrons. The topological polar surface area (TPSA) is 499 Å². The van der Waals surface area contributed by atoms with Gasteiger partial charge in [0.15, 0.2) is 11.5 Å². The summed E-state index contributed by atoms with van der Waals surface area (Å²) in [5, 5.41) is 52.8. The van der Waals surface area contributed by atoms with Crippen LogP contribution in [0.3, 0.4) is 0 Å². The summed E-state index contributed by atoms with van der Waals surface area (Å²) in [6.45, 7) is 1.42. The normalized spacial score (nSPS) is 17.9. The predicted octanol–water partition coefficient (Wildman–Crippen LogP) is 3.15. The van der Waals surface area contributed by atoms with Gasteiger partial charge in [-0.25, -0.2) is 15.0 Å². The molecule has 2 aliphatic rings. The number of carbonyl (C=O) groups is 8. The first-order valence-electron chi connectivity index (χ1n) is 37.9. The molecule has 7 atom stereocenters. The van der Waals surface area contributed by atoms with Crippen LogP contribution >= 0.6 is 15.2 Å². The second kappa shape index (κ2) is 55.3. The Kier molecular flexibility index (Phi) is 48.7. The molecule has 2 fully saturated rings. The monoisotopic (exact) mass is 1560 g/mol. The Bertz CT molecular complexity index is 2880. The number of aromatic nitrogens is 4. The molecular weight excluding hydrogens is 1440 g/mol. The number of β-amino-alcohol motifs (C(OH)–C–C–N with tert-alkyl or cyclic N) is 1. The third-order valence-corrected chi connectivity index (χ3v) is 20.0. The molecule has 2 aliphatic heterocycles. The summed E-state index contributed by atoms with van der Waals surface area (Å²) >= 11 is 0. The molecule has 2 unspecified atom stereocenters. The van der Waals surface area contributed by atoms with E-state index in [-0.39, 0.29) is 190 Å². The molecule has 0 aromatic carbocycles. The number of rotatable bonds is 69. The maximum absolute atomic E-state index is 14.0. The van der Waals surface area contributed by atoms with Crippen molar-refractivity contribution in [1.82, 2.24) is 51.0 Å². The molecule has 0 spiro atoms. The van der Waals surface area contributed by atoms with E-state index in [1.54, 1.807) is 4.57 Å². The van der Waals surface area contributed by atoms with Crippen LogP contribution in [-0.4, -0.2) is 276 Å². The van der Waals surface area contributed by atoms with Crippen molar-refractivity contribution in [3.05, 3.63) is 12.7 Å². The van der Waals surface area contributed by atoms with E-state index in [4.69, 9.17) is 58.5 Å². The first-order chi connectivity index (χ1) is 51.5. The van der Waals surface area contributed by atoms with Gasteiger partial charge in [-0.2, -0.15) is 0 Å². The van der Waals surface area contributed by atoms with Crippen molar-refractivity contribution in [3.63, 3.8) is 0 Å². The van der Waals surface area contributed by atoms with Gasteiger partial charge in [-0.15, -0.1) is 0 Å². The lowest BCUT2D eigenvalue weighted by Crippen LogP contribution is -2.58. The molecule has 0 bridgehead atoms. The Morgan fingerprint density at radius 3 is 1.63 bits per heavy atom. The van der Waals surface area contributed by atoms with Gasteiger partial charge >= 0.3 is 15.2 Å². The van der Waals surface area contributed by atoms with E-state index in [1.165, 1.54) is 24.7 Å². The standard InChI is InChI=1S/C70H123N11O24P2/c1-98-52-106(94,95)104-46-62-61(40-66(105-62)81-51-78-67-68(71)76-50-77-69(67)81)102-53-107(96,97)103-45-54-39-60(90)44-80(54)65(93)25-7-5-3-2-4-6-24-64(92)79-70(47-99-36-26-55(85)19-8-13-29-72-41-57(87)21-10-15-33-82,48-100-37-27-56(86)20-9-14-30-73-42-58(88)22-11-16-34-83)49-101-38-28-63(91)75-32-18-31-74-43-59(89)23-12-17-35-84/h50-51,54,60-62,66,72-74,82-84,90H,2-49,52-53H2,1H3,(H,75,91)(H,79,92)(H,94,95)(H,96,97)(H2,71,76,77)/t54-,60+,61-,62+,66+/m0/s1. The molecule has 3 amide bonds. The van der Waals surface area contributed by atoms with Crippen LogP contribution in [0.2, 0.25) is 0 Å². The quantitative estimate of drug-likeness (QED) is 0.0334. The molecule has 0 aliphatic carbocycles. The number of carbonyl (C=O) groups excluding carboxylic acids is 8. The average molecular weight is 1560 g/mol. The van der Waals surface area contributed by atoms with E-state index < -0.39 is 70.6 Å². The molecule has 35 nitrogen and oxygen atoms in total. The molecule has 2 aromatic rings. The fourth-order valence-corrected chi connectivity index (χ4v) is 13.6. The largest absolute Gasteiger partial charge is 0.396 e. The van der Waals surface area contributed by atoms with E-state index in [0.29, 0.717) is 166 Å². The lowest BCUT2D eigenvalue weighted by Gasteiger charge is -2.34. The van der Waals surface area contributed by atoms with E-state index in [1.807, 2.05) is 0 Å². The number of fused-ring (bicyclic) bond motifs is 1. The summed E-state index contributed by atoms with van der Waals surface area (Å²) in [6, 6.07) is -0.719. The Balaban J connectivity index is 1.30. The number of hydrogen-bond acceptors (Lipinski definition) is 29. The van der Waals surface area contributed by atoms with Crippen LogP contribution in [0.15, 0.2) is 12.7 Å².